The number of amides is 1. The van der Waals surface area contributed by atoms with Crippen LogP contribution in [-0.2, 0) is 4.79 Å². The van der Waals surface area contributed by atoms with Gasteiger partial charge in [0.1, 0.15) is 0 Å². The first-order valence-electron chi connectivity index (χ1n) is 4.06. The topological polar surface area (TPSA) is 83.6 Å². The number of carbonyl (C=O) groups excluding carboxylic acids is 1. The molecule has 1 aromatic rings. The normalized spacial score (nSPS) is 13.9. The van der Waals surface area contributed by atoms with Crippen LogP contribution in [0.25, 0.3) is 0 Å². The summed E-state index contributed by atoms with van der Waals surface area (Å²) < 4.78 is 48.6. The largest absolute Gasteiger partial charge is 0.383 e. The smallest absolute Gasteiger partial charge is 0.341 e. The minimum atomic E-state index is -4.74. The fourth-order valence-electron chi connectivity index (χ4n) is 0.809. The van der Waals surface area contributed by atoms with Crippen molar-refractivity contribution in [3.63, 3.8) is 0 Å². The number of carbonyl (C=O) groups is 1. The summed E-state index contributed by atoms with van der Waals surface area (Å²) in [7, 11) is 0. The molecule has 90 valence electrons. The Kier molecular flexibility index (Phi) is 3.40. The van der Waals surface area contributed by atoms with E-state index in [4.69, 9.17) is 0 Å². The molecule has 10 heteroatoms. The minimum absolute atomic E-state index is 0.0848. The predicted octanol–water partition coefficient (Wildman–Crippen LogP) is 0.277. The van der Waals surface area contributed by atoms with E-state index in [9.17, 15) is 22.4 Å². The summed E-state index contributed by atoms with van der Waals surface area (Å²) in [5.74, 6) is -6.91. The molecule has 1 aromatic heterocycles. The molecule has 1 atom stereocenters. The number of hydrogen-bond acceptors (Lipinski definition) is 4. The van der Waals surface area contributed by atoms with Gasteiger partial charge in [-0.1, -0.05) is 5.21 Å². The molecule has 0 aromatic carbocycles. The second-order valence-corrected chi connectivity index (χ2v) is 2.89. The maximum atomic E-state index is 12.5. The molecule has 0 spiro atoms. The lowest BCUT2D eigenvalue weighted by Crippen LogP contribution is -2.46. The second kappa shape index (κ2) is 4.41. The number of halogens is 4. The molecule has 0 aliphatic carbocycles. The van der Waals surface area contributed by atoms with E-state index in [0.717, 1.165) is 0 Å². The Bertz CT molecular complexity index is 354. The predicted molar refractivity (Wildman–Crippen MR) is 41.7 cm³/mol. The van der Waals surface area contributed by atoms with Crippen LogP contribution in [0, 0.1) is 0 Å². The SMILES string of the molecule is CC(NC(=O)C(F)(F)C(F)F)c1nn[nH]n1. The fraction of sp³-hybridized carbons (Fsp3) is 0.667. The minimum Gasteiger partial charge on any atom is -0.341 e. The van der Waals surface area contributed by atoms with Gasteiger partial charge in [-0.25, -0.2) is 8.78 Å². The quantitative estimate of drug-likeness (QED) is 0.741. The van der Waals surface area contributed by atoms with E-state index < -0.39 is 24.3 Å². The van der Waals surface area contributed by atoms with Gasteiger partial charge in [0.25, 0.3) is 5.91 Å². The number of aromatic amines is 1. The molecule has 0 bridgehead atoms. The van der Waals surface area contributed by atoms with E-state index in [1.165, 1.54) is 6.92 Å². The monoisotopic (exact) mass is 241 g/mol. The van der Waals surface area contributed by atoms with E-state index in [1.54, 1.807) is 5.32 Å². The lowest BCUT2D eigenvalue weighted by atomic mass is 10.2. The molecule has 0 aliphatic heterocycles. The first kappa shape index (κ1) is 12.3. The van der Waals surface area contributed by atoms with Crippen LogP contribution in [0.4, 0.5) is 17.6 Å². The summed E-state index contributed by atoms with van der Waals surface area (Å²) in [6, 6.07) is -1.05. The highest BCUT2D eigenvalue weighted by atomic mass is 19.3. The van der Waals surface area contributed by atoms with E-state index in [1.807, 2.05) is 5.21 Å². The average Bonchev–Trinajstić information content (AvgIpc) is 2.69. The van der Waals surface area contributed by atoms with Gasteiger partial charge in [-0.3, -0.25) is 4.79 Å². The first-order valence-corrected chi connectivity index (χ1v) is 4.06. The van der Waals surface area contributed by atoms with E-state index in [-0.39, 0.29) is 5.82 Å². The molecule has 1 unspecified atom stereocenters. The van der Waals surface area contributed by atoms with Crippen molar-refractivity contribution in [3.8, 4) is 0 Å². The highest BCUT2D eigenvalue weighted by Crippen LogP contribution is 2.23. The first-order chi connectivity index (χ1) is 7.35. The molecule has 0 saturated carbocycles. The Morgan fingerprint density at radius 2 is 2.12 bits per heavy atom. The summed E-state index contributed by atoms with van der Waals surface area (Å²) in [6.07, 6.45) is -4.06. The van der Waals surface area contributed by atoms with Gasteiger partial charge in [0.2, 0.25) is 0 Å². The molecule has 0 saturated heterocycles. The number of alkyl halides is 4. The van der Waals surface area contributed by atoms with Crippen LogP contribution >= 0.6 is 0 Å². The highest BCUT2D eigenvalue weighted by Gasteiger charge is 2.49. The Hall–Kier alpha value is -1.74. The molecule has 1 heterocycles. The molecule has 16 heavy (non-hydrogen) atoms. The van der Waals surface area contributed by atoms with Crippen LogP contribution < -0.4 is 5.32 Å². The summed E-state index contributed by atoms with van der Waals surface area (Å²) >= 11 is 0. The number of nitrogens with one attached hydrogen (secondary N) is 2. The van der Waals surface area contributed by atoms with Gasteiger partial charge in [0, 0.05) is 0 Å². The van der Waals surface area contributed by atoms with Crippen molar-refractivity contribution in [1.29, 1.82) is 0 Å². The lowest BCUT2D eigenvalue weighted by Gasteiger charge is -2.17. The zero-order valence-electron chi connectivity index (χ0n) is 7.92. The maximum absolute atomic E-state index is 12.5. The zero-order valence-corrected chi connectivity index (χ0v) is 7.92. The summed E-state index contributed by atoms with van der Waals surface area (Å²) in [4.78, 5) is 10.8. The molecule has 1 rings (SSSR count). The molecular formula is C6H7F4N5O. The summed E-state index contributed by atoms with van der Waals surface area (Å²) in [6.45, 7) is 1.25. The highest BCUT2D eigenvalue weighted by molar-refractivity contribution is 5.84. The van der Waals surface area contributed by atoms with Gasteiger partial charge in [-0.15, -0.1) is 10.2 Å². The van der Waals surface area contributed by atoms with Crippen molar-refractivity contribution >= 4 is 5.91 Å². The van der Waals surface area contributed by atoms with Gasteiger partial charge in [0.15, 0.2) is 5.82 Å². The molecule has 6 nitrogen and oxygen atoms in total. The van der Waals surface area contributed by atoms with Gasteiger partial charge in [-0.2, -0.15) is 14.0 Å². The van der Waals surface area contributed by atoms with Crippen molar-refractivity contribution in [2.24, 2.45) is 0 Å². The van der Waals surface area contributed by atoms with Crippen LogP contribution in [0.3, 0.4) is 0 Å². The van der Waals surface area contributed by atoms with Crippen LogP contribution in [0.1, 0.15) is 18.8 Å². The van der Waals surface area contributed by atoms with Crippen molar-refractivity contribution < 1.29 is 22.4 Å². The molecule has 2 N–H and O–H groups in total. The second-order valence-electron chi connectivity index (χ2n) is 2.89. The van der Waals surface area contributed by atoms with Gasteiger partial charge in [-0.05, 0) is 6.92 Å². The average molecular weight is 241 g/mol. The Labute approximate surface area is 86.4 Å². The third kappa shape index (κ3) is 2.44. The van der Waals surface area contributed by atoms with E-state index >= 15 is 0 Å². The van der Waals surface area contributed by atoms with Gasteiger partial charge >= 0.3 is 12.3 Å². The standard InChI is InChI=1S/C6H7F4N5O/c1-2(3-12-14-15-13-3)11-5(16)6(9,10)4(7)8/h2,4H,1H3,(H,11,16)(H,12,13,14,15). The molecule has 0 radical (unpaired) electrons. The fourth-order valence-corrected chi connectivity index (χ4v) is 0.809. The van der Waals surface area contributed by atoms with Crippen LogP contribution in [0.2, 0.25) is 0 Å². The molecule has 1 amide bonds. The van der Waals surface area contributed by atoms with Crippen molar-refractivity contribution in [3.05, 3.63) is 5.82 Å². The third-order valence-corrected chi connectivity index (χ3v) is 1.67. The van der Waals surface area contributed by atoms with Gasteiger partial charge in [0.05, 0.1) is 6.04 Å². The number of hydrogen-bond donors (Lipinski definition) is 2. The number of H-pyrrole nitrogens is 1. The van der Waals surface area contributed by atoms with E-state index in [0.29, 0.717) is 0 Å². The Balaban J connectivity index is 2.65. The van der Waals surface area contributed by atoms with Crippen LogP contribution in [0.5, 0.6) is 0 Å². The lowest BCUT2D eigenvalue weighted by molar-refractivity contribution is -0.170. The molecule has 0 fully saturated rings. The summed E-state index contributed by atoms with van der Waals surface area (Å²) in [5.41, 5.74) is 0. The Morgan fingerprint density at radius 3 is 2.56 bits per heavy atom. The maximum Gasteiger partial charge on any atom is 0.383 e. The number of rotatable bonds is 4. The number of nitrogens with zero attached hydrogens (tertiary/aromatic N) is 3. The van der Waals surface area contributed by atoms with Crippen LogP contribution in [-0.4, -0.2) is 38.9 Å². The third-order valence-electron chi connectivity index (χ3n) is 1.67. The van der Waals surface area contributed by atoms with Gasteiger partial charge < -0.3 is 5.32 Å². The molecular weight excluding hydrogens is 234 g/mol. The van der Waals surface area contributed by atoms with Crippen molar-refractivity contribution in [2.75, 3.05) is 0 Å². The number of tetrazole rings is 1. The van der Waals surface area contributed by atoms with E-state index in [2.05, 4.69) is 15.4 Å². The zero-order chi connectivity index (χ0) is 12.3. The van der Waals surface area contributed by atoms with Crippen molar-refractivity contribution in [1.82, 2.24) is 25.9 Å². The summed E-state index contributed by atoms with van der Waals surface area (Å²) in [5, 5.41) is 13.6. The number of aromatic nitrogens is 4. The Morgan fingerprint density at radius 1 is 1.50 bits per heavy atom. The molecule has 0 aliphatic rings. The van der Waals surface area contributed by atoms with Crippen molar-refractivity contribution in [2.45, 2.75) is 25.3 Å². The van der Waals surface area contributed by atoms with Crippen LogP contribution in [0.15, 0.2) is 0 Å².